The van der Waals surface area contributed by atoms with Gasteiger partial charge in [-0.2, -0.15) is 0 Å². The molecular formula is C16H20N2O3. The van der Waals surface area contributed by atoms with Crippen LogP contribution >= 0.6 is 0 Å². The molecule has 2 rings (SSSR count). The van der Waals surface area contributed by atoms with Gasteiger partial charge in [-0.15, -0.1) is 0 Å². The number of rotatable bonds is 4. The lowest BCUT2D eigenvalue weighted by Crippen LogP contribution is -2.39. The van der Waals surface area contributed by atoms with Crippen LogP contribution < -0.4 is 5.73 Å². The van der Waals surface area contributed by atoms with Gasteiger partial charge in [0, 0.05) is 13.1 Å². The van der Waals surface area contributed by atoms with Gasteiger partial charge in [0.15, 0.2) is 0 Å². The molecule has 1 aliphatic heterocycles. The van der Waals surface area contributed by atoms with E-state index >= 15 is 0 Å². The van der Waals surface area contributed by atoms with Crippen LogP contribution in [0.2, 0.25) is 0 Å². The number of amides is 2. The largest absolute Gasteiger partial charge is 0.445 e. The topological polar surface area (TPSA) is 72.6 Å². The summed E-state index contributed by atoms with van der Waals surface area (Å²) >= 11 is 0. The number of benzene rings is 1. The van der Waals surface area contributed by atoms with Gasteiger partial charge in [0.25, 0.3) is 0 Å². The lowest BCUT2D eigenvalue weighted by Gasteiger charge is -2.30. The average Bonchev–Trinajstić information content (AvgIpc) is 2.52. The van der Waals surface area contributed by atoms with Gasteiger partial charge in [0.05, 0.1) is 0 Å². The number of ether oxygens (including phenoxy) is 1. The third-order valence-corrected chi connectivity index (χ3v) is 3.45. The fourth-order valence-corrected chi connectivity index (χ4v) is 2.37. The van der Waals surface area contributed by atoms with E-state index in [0.29, 0.717) is 13.1 Å². The van der Waals surface area contributed by atoms with E-state index in [2.05, 4.69) is 0 Å². The summed E-state index contributed by atoms with van der Waals surface area (Å²) in [5, 5.41) is 0. The maximum absolute atomic E-state index is 12.0. The second kappa shape index (κ2) is 7.47. The van der Waals surface area contributed by atoms with Crippen LogP contribution in [0.15, 0.2) is 42.5 Å². The Balaban J connectivity index is 1.83. The number of hydrogen-bond acceptors (Lipinski definition) is 3. The minimum absolute atomic E-state index is 0.163. The summed E-state index contributed by atoms with van der Waals surface area (Å²) < 4.78 is 5.31. The number of piperidine rings is 1. The molecule has 1 fully saturated rings. The average molecular weight is 288 g/mol. The van der Waals surface area contributed by atoms with E-state index in [-0.39, 0.29) is 18.6 Å². The zero-order valence-electron chi connectivity index (χ0n) is 11.9. The molecule has 0 aliphatic carbocycles. The SMILES string of the molecule is NC(=O)/C=C\C1CCCN(C(=O)OCc2ccccc2)C1. The van der Waals surface area contributed by atoms with Crippen molar-refractivity contribution >= 4 is 12.0 Å². The van der Waals surface area contributed by atoms with E-state index in [1.807, 2.05) is 30.3 Å². The van der Waals surface area contributed by atoms with Gasteiger partial charge in [-0.25, -0.2) is 4.79 Å². The molecule has 0 bridgehead atoms. The molecule has 1 aliphatic rings. The highest BCUT2D eigenvalue weighted by Crippen LogP contribution is 2.18. The van der Waals surface area contributed by atoms with Crippen LogP contribution in [-0.2, 0) is 16.1 Å². The van der Waals surface area contributed by atoms with Crippen molar-refractivity contribution in [1.82, 2.24) is 4.90 Å². The highest BCUT2D eigenvalue weighted by molar-refractivity contribution is 5.85. The van der Waals surface area contributed by atoms with E-state index in [4.69, 9.17) is 10.5 Å². The van der Waals surface area contributed by atoms with Crippen LogP contribution in [0.4, 0.5) is 4.79 Å². The van der Waals surface area contributed by atoms with Crippen LogP contribution in [0, 0.1) is 5.92 Å². The lowest BCUT2D eigenvalue weighted by molar-refractivity contribution is -0.113. The number of carbonyl (C=O) groups is 2. The van der Waals surface area contributed by atoms with Crippen LogP contribution in [0.25, 0.3) is 0 Å². The summed E-state index contributed by atoms with van der Waals surface area (Å²) in [7, 11) is 0. The maximum atomic E-state index is 12.0. The van der Waals surface area contributed by atoms with Gasteiger partial charge in [0.2, 0.25) is 5.91 Å². The molecule has 2 N–H and O–H groups in total. The third-order valence-electron chi connectivity index (χ3n) is 3.45. The molecule has 0 radical (unpaired) electrons. The van der Waals surface area contributed by atoms with Gasteiger partial charge < -0.3 is 15.4 Å². The van der Waals surface area contributed by atoms with Gasteiger partial charge in [-0.05, 0) is 30.4 Å². The molecule has 1 heterocycles. The summed E-state index contributed by atoms with van der Waals surface area (Å²) in [4.78, 5) is 24.5. The van der Waals surface area contributed by atoms with Gasteiger partial charge in [-0.1, -0.05) is 36.4 Å². The Bertz CT molecular complexity index is 514. The van der Waals surface area contributed by atoms with Crippen LogP contribution in [0.5, 0.6) is 0 Å². The quantitative estimate of drug-likeness (QED) is 0.862. The van der Waals surface area contributed by atoms with Crippen molar-refractivity contribution in [3.63, 3.8) is 0 Å². The molecule has 5 heteroatoms. The summed E-state index contributed by atoms with van der Waals surface area (Å²) in [6.45, 7) is 1.53. The van der Waals surface area contributed by atoms with Crippen molar-refractivity contribution in [3.05, 3.63) is 48.0 Å². The predicted molar refractivity (Wildman–Crippen MR) is 79.3 cm³/mol. The zero-order chi connectivity index (χ0) is 15.1. The molecule has 5 nitrogen and oxygen atoms in total. The number of carbonyl (C=O) groups excluding carboxylic acids is 2. The second-order valence-corrected chi connectivity index (χ2v) is 5.15. The third kappa shape index (κ3) is 4.95. The number of nitrogens with zero attached hydrogens (tertiary/aromatic N) is 1. The minimum atomic E-state index is -0.459. The fourth-order valence-electron chi connectivity index (χ4n) is 2.37. The Labute approximate surface area is 124 Å². The number of likely N-dealkylation sites (tertiary alicyclic amines) is 1. The van der Waals surface area contributed by atoms with Crippen molar-refractivity contribution in [3.8, 4) is 0 Å². The minimum Gasteiger partial charge on any atom is -0.445 e. The van der Waals surface area contributed by atoms with Crippen molar-refractivity contribution in [2.45, 2.75) is 19.4 Å². The molecule has 1 unspecified atom stereocenters. The Morgan fingerprint density at radius 1 is 1.33 bits per heavy atom. The Kier molecular flexibility index (Phi) is 5.37. The Hall–Kier alpha value is -2.30. The molecular weight excluding hydrogens is 268 g/mol. The van der Waals surface area contributed by atoms with Crippen molar-refractivity contribution in [1.29, 1.82) is 0 Å². The molecule has 1 saturated heterocycles. The number of primary amides is 1. The molecule has 2 amide bonds. The van der Waals surface area contributed by atoms with E-state index in [1.165, 1.54) is 6.08 Å². The second-order valence-electron chi connectivity index (χ2n) is 5.15. The number of nitrogens with two attached hydrogens (primary N) is 1. The summed E-state index contributed by atoms with van der Waals surface area (Å²) in [6, 6.07) is 9.58. The zero-order valence-corrected chi connectivity index (χ0v) is 11.9. The molecule has 112 valence electrons. The van der Waals surface area contributed by atoms with Crippen LogP contribution in [0.3, 0.4) is 0 Å². The fraction of sp³-hybridized carbons (Fsp3) is 0.375. The molecule has 1 aromatic carbocycles. The highest BCUT2D eigenvalue weighted by Gasteiger charge is 2.23. The van der Waals surface area contributed by atoms with E-state index in [1.54, 1.807) is 11.0 Å². The summed E-state index contributed by atoms with van der Waals surface area (Å²) in [5.74, 6) is -0.297. The van der Waals surface area contributed by atoms with E-state index < -0.39 is 5.91 Å². The number of hydrogen-bond donors (Lipinski definition) is 1. The summed E-state index contributed by atoms with van der Waals surface area (Å²) in [5.41, 5.74) is 6.05. The van der Waals surface area contributed by atoms with Crippen LogP contribution in [-0.4, -0.2) is 30.0 Å². The normalized spacial score (nSPS) is 18.7. The monoisotopic (exact) mass is 288 g/mol. The first-order valence-corrected chi connectivity index (χ1v) is 7.08. The molecule has 1 atom stereocenters. The van der Waals surface area contributed by atoms with E-state index in [0.717, 1.165) is 18.4 Å². The summed E-state index contributed by atoms with van der Waals surface area (Å²) in [6.07, 6.45) is 4.68. The molecule has 0 spiro atoms. The first-order valence-electron chi connectivity index (χ1n) is 7.08. The Morgan fingerprint density at radius 3 is 2.81 bits per heavy atom. The first kappa shape index (κ1) is 15.1. The Morgan fingerprint density at radius 2 is 2.10 bits per heavy atom. The first-order chi connectivity index (χ1) is 10.1. The highest BCUT2D eigenvalue weighted by atomic mass is 16.6. The standard InChI is InChI=1S/C16H20N2O3/c17-15(19)9-8-13-7-4-10-18(11-13)16(20)21-12-14-5-2-1-3-6-14/h1-3,5-6,8-9,13H,4,7,10-12H2,(H2,17,19)/b9-8-. The van der Waals surface area contributed by atoms with Crippen molar-refractivity contribution in [2.75, 3.05) is 13.1 Å². The predicted octanol–water partition coefficient (Wildman–Crippen LogP) is 2.08. The van der Waals surface area contributed by atoms with Gasteiger partial charge in [-0.3, -0.25) is 4.79 Å². The smallest absolute Gasteiger partial charge is 0.410 e. The molecule has 1 aromatic rings. The maximum Gasteiger partial charge on any atom is 0.410 e. The van der Waals surface area contributed by atoms with E-state index in [9.17, 15) is 9.59 Å². The molecule has 0 saturated carbocycles. The van der Waals surface area contributed by atoms with Gasteiger partial charge >= 0.3 is 6.09 Å². The van der Waals surface area contributed by atoms with Crippen molar-refractivity contribution in [2.24, 2.45) is 11.7 Å². The van der Waals surface area contributed by atoms with Crippen LogP contribution in [0.1, 0.15) is 18.4 Å². The lowest BCUT2D eigenvalue weighted by atomic mass is 9.98. The van der Waals surface area contributed by atoms with Crippen molar-refractivity contribution < 1.29 is 14.3 Å². The molecule has 0 aromatic heterocycles. The van der Waals surface area contributed by atoms with Gasteiger partial charge in [0.1, 0.15) is 6.61 Å². The molecule has 21 heavy (non-hydrogen) atoms.